The standard InChI is InChI=1S/C29H25GeNO6/c1-30-25-20-10-5-16(15-32)28(25)36-23-13-19(34-3)14-24(27(23)30)37-29-22(35-4)12-11-21(26(29)30)31(20)17-6-8-18(33-2)9-7-17/h5-14,32H,15H2,1-4H3. The van der Waals surface area contributed by atoms with Crippen molar-refractivity contribution in [1.29, 1.82) is 0 Å². The summed E-state index contributed by atoms with van der Waals surface area (Å²) in [5.41, 5.74) is 3.86. The minimum atomic E-state index is -3.41. The van der Waals surface area contributed by atoms with Crippen LogP contribution in [-0.2, 0) is 6.61 Å². The van der Waals surface area contributed by atoms with E-state index < -0.39 is 13.3 Å². The molecule has 0 fully saturated rings. The van der Waals surface area contributed by atoms with Gasteiger partial charge in [-0.25, -0.2) is 0 Å². The molecule has 7 nitrogen and oxygen atoms in total. The van der Waals surface area contributed by atoms with Gasteiger partial charge in [0.05, 0.1) is 0 Å². The molecule has 0 spiro atoms. The molecule has 7 rings (SSSR count). The number of methoxy groups -OCH3 is 3. The maximum atomic E-state index is 10.3. The molecule has 0 bridgehead atoms. The van der Waals surface area contributed by atoms with E-state index in [4.69, 9.17) is 23.7 Å². The molecule has 0 amide bonds. The second-order valence-electron chi connectivity index (χ2n) is 9.46. The van der Waals surface area contributed by atoms with Gasteiger partial charge in [0.25, 0.3) is 0 Å². The Labute approximate surface area is 217 Å². The first-order chi connectivity index (χ1) is 18.0. The molecule has 0 radical (unpaired) electrons. The molecule has 1 atom stereocenters. The van der Waals surface area contributed by atoms with E-state index in [-0.39, 0.29) is 6.61 Å². The van der Waals surface area contributed by atoms with E-state index in [1.807, 2.05) is 36.4 Å². The zero-order valence-electron chi connectivity index (χ0n) is 20.9. The van der Waals surface area contributed by atoms with Crippen molar-refractivity contribution in [2.24, 2.45) is 0 Å². The Balaban J connectivity index is 1.62. The number of hydrogen-bond donors (Lipinski definition) is 1. The van der Waals surface area contributed by atoms with E-state index in [2.05, 4.69) is 34.9 Å². The average Bonchev–Trinajstić information content (AvgIpc) is 2.93. The number of rotatable bonds is 5. The van der Waals surface area contributed by atoms with Crippen molar-refractivity contribution in [3.63, 3.8) is 0 Å². The topological polar surface area (TPSA) is 69.6 Å². The molecule has 0 aliphatic carbocycles. The molecule has 4 aromatic carbocycles. The van der Waals surface area contributed by atoms with Crippen molar-refractivity contribution in [3.05, 3.63) is 66.2 Å². The van der Waals surface area contributed by atoms with Gasteiger partial charge in [0.15, 0.2) is 0 Å². The van der Waals surface area contributed by atoms with Crippen molar-refractivity contribution in [1.82, 2.24) is 0 Å². The Hall–Kier alpha value is -3.82. The van der Waals surface area contributed by atoms with Crippen molar-refractivity contribution >= 4 is 43.5 Å². The summed E-state index contributed by atoms with van der Waals surface area (Å²) in [6, 6.07) is 20.0. The zero-order chi connectivity index (χ0) is 25.5. The molecule has 37 heavy (non-hydrogen) atoms. The molecule has 8 heteroatoms. The Bertz CT molecular complexity index is 1510. The molecule has 0 saturated heterocycles. The first-order valence-corrected chi connectivity index (χ1v) is 17.3. The SMILES string of the molecule is COc1ccc(N2c3ccc(CO)c4[c]3[Ge]3([CH3])[c]5c(cc(OC)cc5Oc5c(OC)ccc2[c]53)O4)cc1. The van der Waals surface area contributed by atoms with E-state index in [1.54, 1.807) is 21.3 Å². The van der Waals surface area contributed by atoms with Gasteiger partial charge in [-0.2, -0.15) is 0 Å². The molecule has 1 unspecified atom stereocenters. The Morgan fingerprint density at radius 1 is 0.730 bits per heavy atom. The van der Waals surface area contributed by atoms with Crippen LogP contribution in [0.1, 0.15) is 5.56 Å². The fourth-order valence-electron chi connectivity index (χ4n) is 6.08. The summed E-state index contributed by atoms with van der Waals surface area (Å²) in [4.78, 5) is 2.25. The van der Waals surface area contributed by atoms with Crippen molar-refractivity contribution in [2.75, 3.05) is 26.2 Å². The quantitative estimate of drug-likeness (QED) is 0.324. The van der Waals surface area contributed by atoms with E-state index in [0.29, 0.717) is 11.5 Å². The Morgan fingerprint density at radius 3 is 1.97 bits per heavy atom. The van der Waals surface area contributed by atoms with Crippen molar-refractivity contribution in [3.8, 4) is 40.2 Å². The summed E-state index contributed by atoms with van der Waals surface area (Å²) >= 11 is -3.41. The number of anilines is 3. The third kappa shape index (κ3) is 2.81. The molecule has 4 aromatic rings. The first kappa shape index (κ1) is 22.4. The van der Waals surface area contributed by atoms with Gasteiger partial charge in [0, 0.05) is 0 Å². The molecular formula is C29H25GeNO6. The fourth-order valence-corrected chi connectivity index (χ4v) is 15.9. The number of aliphatic hydroxyl groups excluding tert-OH is 1. The summed E-state index contributed by atoms with van der Waals surface area (Å²) in [5.74, 6) is 7.45. The monoisotopic (exact) mass is 557 g/mol. The maximum absolute atomic E-state index is 10.3. The van der Waals surface area contributed by atoms with Crippen LogP contribution >= 0.6 is 0 Å². The van der Waals surface area contributed by atoms with Crippen LogP contribution in [0.4, 0.5) is 17.1 Å². The number of hydrogen-bond acceptors (Lipinski definition) is 7. The Kier molecular flexibility index (Phi) is 4.74. The second kappa shape index (κ2) is 7.84. The van der Waals surface area contributed by atoms with E-state index in [1.165, 1.54) is 4.40 Å². The molecule has 1 N–H and O–H groups in total. The Morgan fingerprint density at radius 2 is 1.35 bits per heavy atom. The summed E-state index contributed by atoms with van der Waals surface area (Å²) < 4.78 is 33.5. The molecule has 3 heterocycles. The first-order valence-electron chi connectivity index (χ1n) is 12.0. The summed E-state index contributed by atoms with van der Waals surface area (Å²) in [6.45, 7) is -0.121. The molecule has 186 valence electrons. The van der Waals surface area contributed by atoms with Crippen LogP contribution in [0.25, 0.3) is 0 Å². The van der Waals surface area contributed by atoms with E-state index in [9.17, 15) is 5.11 Å². The predicted molar refractivity (Wildman–Crippen MR) is 144 cm³/mol. The predicted octanol–water partition coefficient (Wildman–Crippen LogP) is 4.30. The van der Waals surface area contributed by atoms with Gasteiger partial charge in [0.2, 0.25) is 0 Å². The molecule has 0 aromatic heterocycles. The van der Waals surface area contributed by atoms with Crippen LogP contribution in [0.2, 0.25) is 5.76 Å². The van der Waals surface area contributed by atoms with Crippen LogP contribution in [0.15, 0.2) is 60.7 Å². The summed E-state index contributed by atoms with van der Waals surface area (Å²) in [7, 11) is 4.96. The summed E-state index contributed by atoms with van der Waals surface area (Å²) in [6.07, 6.45) is 0. The molecule has 0 saturated carbocycles. The second-order valence-corrected chi connectivity index (χ2v) is 17.3. The van der Waals surface area contributed by atoms with Gasteiger partial charge in [-0.3, -0.25) is 0 Å². The number of ether oxygens (including phenoxy) is 5. The third-order valence-electron chi connectivity index (χ3n) is 7.72. The van der Waals surface area contributed by atoms with E-state index >= 15 is 0 Å². The van der Waals surface area contributed by atoms with E-state index in [0.717, 1.165) is 60.2 Å². The van der Waals surface area contributed by atoms with Crippen molar-refractivity contribution in [2.45, 2.75) is 12.4 Å². The van der Waals surface area contributed by atoms with Gasteiger partial charge in [-0.15, -0.1) is 0 Å². The van der Waals surface area contributed by atoms with Crippen LogP contribution in [0.5, 0.6) is 40.2 Å². The van der Waals surface area contributed by atoms with Crippen LogP contribution < -0.4 is 41.8 Å². The van der Waals surface area contributed by atoms with Gasteiger partial charge in [-0.1, -0.05) is 0 Å². The van der Waals surface area contributed by atoms with Crippen LogP contribution in [0.3, 0.4) is 0 Å². The molecular weight excluding hydrogens is 531 g/mol. The fraction of sp³-hybridized carbons (Fsp3) is 0.172. The number of benzene rings is 4. The molecule has 3 aliphatic heterocycles. The van der Waals surface area contributed by atoms with Gasteiger partial charge in [0.1, 0.15) is 0 Å². The normalized spacial score (nSPS) is 17.4. The third-order valence-corrected chi connectivity index (χ3v) is 17.1. The van der Waals surface area contributed by atoms with Gasteiger partial charge < -0.3 is 0 Å². The number of aliphatic hydroxyl groups is 1. The van der Waals surface area contributed by atoms with Crippen LogP contribution in [-0.4, -0.2) is 39.7 Å². The summed E-state index contributed by atoms with van der Waals surface area (Å²) in [5, 5.41) is 10.3. The minimum absolute atomic E-state index is 0.121. The van der Waals surface area contributed by atoms with Crippen LogP contribution in [0, 0.1) is 0 Å². The van der Waals surface area contributed by atoms with Crippen molar-refractivity contribution < 1.29 is 28.8 Å². The average molecular weight is 556 g/mol. The zero-order valence-corrected chi connectivity index (χ0v) is 23.0. The number of nitrogens with zero attached hydrogens (tertiary/aromatic N) is 1. The van der Waals surface area contributed by atoms with Gasteiger partial charge >= 0.3 is 217 Å². The molecule has 3 aliphatic rings. The van der Waals surface area contributed by atoms with Gasteiger partial charge in [-0.05, 0) is 0 Å².